The van der Waals surface area contributed by atoms with Crippen LogP contribution in [0.5, 0.6) is 0 Å². The normalized spacial score (nSPS) is 12.0. The Morgan fingerprint density at radius 3 is 1.36 bits per heavy atom. The van der Waals surface area contributed by atoms with E-state index in [1.165, 1.54) is 0 Å². The summed E-state index contributed by atoms with van der Waals surface area (Å²) in [7, 11) is -3.75. The molecule has 0 saturated heterocycles. The van der Waals surface area contributed by atoms with Crippen LogP contribution in [0.4, 0.5) is 4.11 Å². The molecule has 11 heavy (non-hydrogen) atoms. The van der Waals surface area contributed by atoms with Crippen molar-refractivity contribution in [2.75, 3.05) is 19.8 Å². The van der Waals surface area contributed by atoms with E-state index in [2.05, 4.69) is 0 Å². The highest BCUT2D eigenvalue weighted by Gasteiger charge is 2.43. The molecular formula is C6H15FO3Si. The Morgan fingerprint density at radius 2 is 1.18 bits per heavy atom. The lowest BCUT2D eigenvalue weighted by molar-refractivity contribution is 0.0306. The molecule has 0 aliphatic rings. The Bertz CT molecular complexity index is 84.8. The van der Waals surface area contributed by atoms with Gasteiger partial charge in [-0.2, -0.15) is 0 Å². The van der Waals surface area contributed by atoms with Gasteiger partial charge in [0.2, 0.25) is 0 Å². The molecule has 0 heterocycles. The quantitative estimate of drug-likeness (QED) is 0.460. The summed E-state index contributed by atoms with van der Waals surface area (Å²) in [5, 5.41) is 0. The lowest BCUT2D eigenvalue weighted by atomic mass is 10.9. The molecule has 0 aromatic rings. The van der Waals surface area contributed by atoms with Gasteiger partial charge in [-0.05, 0) is 20.8 Å². The van der Waals surface area contributed by atoms with Gasteiger partial charge in [-0.1, -0.05) is 0 Å². The summed E-state index contributed by atoms with van der Waals surface area (Å²) in [5.74, 6) is 0. The summed E-state index contributed by atoms with van der Waals surface area (Å²) in [6.07, 6.45) is 0. The third kappa shape index (κ3) is 4.47. The minimum absolute atomic E-state index is 0.280. The zero-order valence-corrected chi connectivity index (χ0v) is 8.22. The van der Waals surface area contributed by atoms with Crippen molar-refractivity contribution in [2.45, 2.75) is 20.8 Å². The molecule has 0 aliphatic carbocycles. The summed E-state index contributed by atoms with van der Waals surface area (Å²) >= 11 is 0. The molecule has 0 radical (unpaired) electrons. The smallest absolute Gasteiger partial charge is 0.348 e. The summed E-state index contributed by atoms with van der Waals surface area (Å²) in [5.41, 5.74) is 0. The van der Waals surface area contributed by atoms with Crippen LogP contribution in [-0.4, -0.2) is 29.0 Å². The standard InChI is InChI=1S/C6H15FO3Si/c1-4-8-11(7,9-5-2)10-6-3/h4-6H2,1-3H3. The third-order valence-electron chi connectivity index (χ3n) is 0.950. The molecule has 0 aromatic heterocycles. The van der Waals surface area contributed by atoms with E-state index in [9.17, 15) is 4.11 Å². The van der Waals surface area contributed by atoms with Crippen LogP contribution in [0.3, 0.4) is 0 Å². The van der Waals surface area contributed by atoms with Gasteiger partial charge >= 0.3 is 9.14 Å². The first kappa shape index (κ1) is 11.0. The van der Waals surface area contributed by atoms with Gasteiger partial charge < -0.3 is 13.3 Å². The van der Waals surface area contributed by atoms with Crippen molar-refractivity contribution < 1.29 is 17.4 Å². The van der Waals surface area contributed by atoms with Crippen LogP contribution in [0.25, 0.3) is 0 Å². The fourth-order valence-corrected chi connectivity index (χ4v) is 1.93. The molecule has 68 valence electrons. The second kappa shape index (κ2) is 5.65. The lowest BCUT2D eigenvalue weighted by Crippen LogP contribution is -2.41. The number of rotatable bonds is 6. The molecule has 3 nitrogen and oxygen atoms in total. The number of halogens is 1. The molecule has 0 fully saturated rings. The van der Waals surface area contributed by atoms with Crippen molar-refractivity contribution >= 4 is 9.14 Å². The predicted molar refractivity (Wildman–Crippen MR) is 41.7 cm³/mol. The van der Waals surface area contributed by atoms with Crippen molar-refractivity contribution in [3.05, 3.63) is 0 Å². The van der Waals surface area contributed by atoms with Crippen LogP contribution in [0, 0.1) is 0 Å². The molecule has 0 aliphatic heterocycles. The summed E-state index contributed by atoms with van der Waals surface area (Å²) in [6, 6.07) is 0. The molecule has 0 atom stereocenters. The van der Waals surface area contributed by atoms with Crippen LogP contribution >= 0.6 is 0 Å². The van der Waals surface area contributed by atoms with Crippen LogP contribution < -0.4 is 0 Å². The highest BCUT2D eigenvalue weighted by molar-refractivity contribution is 6.52. The van der Waals surface area contributed by atoms with Crippen molar-refractivity contribution in [3.8, 4) is 0 Å². The molecule has 0 bridgehead atoms. The van der Waals surface area contributed by atoms with E-state index in [-0.39, 0.29) is 19.8 Å². The van der Waals surface area contributed by atoms with E-state index in [1.807, 2.05) is 0 Å². The topological polar surface area (TPSA) is 27.7 Å². The van der Waals surface area contributed by atoms with Gasteiger partial charge in [-0.15, -0.1) is 0 Å². The van der Waals surface area contributed by atoms with E-state index in [4.69, 9.17) is 13.3 Å². The summed E-state index contributed by atoms with van der Waals surface area (Å²) < 4.78 is 27.5. The monoisotopic (exact) mass is 182 g/mol. The predicted octanol–water partition coefficient (Wildman–Crippen LogP) is 1.50. The van der Waals surface area contributed by atoms with Gasteiger partial charge in [-0.25, -0.2) is 4.11 Å². The van der Waals surface area contributed by atoms with Gasteiger partial charge in [0, 0.05) is 19.8 Å². The molecular weight excluding hydrogens is 167 g/mol. The largest absolute Gasteiger partial charge is 0.720 e. The Labute approximate surface area is 68.0 Å². The highest BCUT2D eigenvalue weighted by Crippen LogP contribution is 2.10. The average molecular weight is 182 g/mol. The average Bonchev–Trinajstić information content (AvgIpc) is 1.88. The minimum Gasteiger partial charge on any atom is -0.348 e. The van der Waals surface area contributed by atoms with Crippen LogP contribution in [0.2, 0.25) is 0 Å². The molecule has 0 N–H and O–H groups in total. The Hall–Kier alpha value is 0.0269. The lowest BCUT2D eigenvalue weighted by Gasteiger charge is -2.18. The maximum atomic E-state index is 13.3. The van der Waals surface area contributed by atoms with E-state index < -0.39 is 9.14 Å². The maximum Gasteiger partial charge on any atom is 0.720 e. The summed E-state index contributed by atoms with van der Waals surface area (Å²) in [6.45, 7) is 5.96. The van der Waals surface area contributed by atoms with Crippen molar-refractivity contribution in [3.63, 3.8) is 0 Å². The fourth-order valence-electron chi connectivity index (χ4n) is 0.642. The van der Waals surface area contributed by atoms with Gasteiger partial charge in [0.25, 0.3) is 0 Å². The molecule has 0 aromatic carbocycles. The van der Waals surface area contributed by atoms with Gasteiger partial charge in [0.1, 0.15) is 0 Å². The maximum absolute atomic E-state index is 13.3. The number of hydrogen-bond donors (Lipinski definition) is 0. The van der Waals surface area contributed by atoms with Crippen molar-refractivity contribution in [1.82, 2.24) is 0 Å². The van der Waals surface area contributed by atoms with Crippen LogP contribution in [0.1, 0.15) is 20.8 Å². The Balaban J connectivity index is 3.79. The van der Waals surface area contributed by atoms with Gasteiger partial charge in [0.15, 0.2) is 0 Å². The first-order valence-corrected chi connectivity index (χ1v) is 5.39. The van der Waals surface area contributed by atoms with E-state index in [1.54, 1.807) is 20.8 Å². The first-order chi connectivity index (χ1) is 5.18. The Morgan fingerprint density at radius 1 is 0.909 bits per heavy atom. The SMILES string of the molecule is CCO[Si](F)(OCC)OCC. The molecule has 5 heteroatoms. The van der Waals surface area contributed by atoms with Crippen LogP contribution in [0.15, 0.2) is 0 Å². The molecule has 0 spiro atoms. The Kier molecular flexibility index (Phi) is 5.66. The van der Waals surface area contributed by atoms with E-state index in [0.29, 0.717) is 0 Å². The van der Waals surface area contributed by atoms with Gasteiger partial charge in [-0.3, -0.25) is 0 Å². The van der Waals surface area contributed by atoms with Crippen molar-refractivity contribution in [1.29, 1.82) is 0 Å². The van der Waals surface area contributed by atoms with Crippen LogP contribution in [-0.2, 0) is 13.3 Å². The number of hydrogen-bond acceptors (Lipinski definition) is 3. The fraction of sp³-hybridized carbons (Fsp3) is 1.00. The third-order valence-corrected chi connectivity index (χ3v) is 2.85. The highest BCUT2D eigenvalue weighted by atomic mass is 28.4. The van der Waals surface area contributed by atoms with E-state index >= 15 is 0 Å². The minimum atomic E-state index is -3.75. The molecule has 0 amide bonds. The van der Waals surface area contributed by atoms with E-state index in [0.717, 1.165) is 0 Å². The van der Waals surface area contributed by atoms with Gasteiger partial charge in [0.05, 0.1) is 0 Å². The second-order valence-electron chi connectivity index (χ2n) is 1.78. The zero-order chi connectivity index (χ0) is 8.74. The second-order valence-corrected chi connectivity index (χ2v) is 3.61. The summed E-state index contributed by atoms with van der Waals surface area (Å²) in [4.78, 5) is 0. The molecule has 0 unspecified atom stereocenters. The van der Waals surface area contributed by atoms with Crippen molar-refractivity contribution in [2.24, 2.45) is 0 Å². The first-order valence-electron chi connectivity index (χ1n) is 3.79. The zero-order valence-electron chi connectivity index (χ0n) is 7.22. The molecule has 0 rings (SSSR count). The molecule has 0 saturated carbocycles.